The van der Waals surface area contributed by atoms with Crippen LogP contribution in [-0.4, -0.2) is 16.2 Å². The van der Waals surface area contributed by atoms with Crippen molar-refractivity contribution in [3.63, 3.8) is 0 Å². The molecule has 0 amide bonds. The summed E-state index contributed by atoms with van der Waals surface area (Å²) in [6.07, 6.45) is 4.76. The van der Waals surface area contributed by atoms with Crippen molar-refractivity contribution in [3.05, 3.63) is 52.4 Å². The molecule has 0 fully saturated rings. The Balaban J connectivity index is 2.05. The van der Waals surface area contributed by atoms with Gasteiger partial charge in [-0.3, -0.25) is 10.4 Å². The predicted molar refractivity (Wildman–Crippen MR) is 69.7 cm³/mol. The summed E-state index contributed by atoms with van der Waals surface area (Å²) in [5.41, 5.74) is 3.46. The first-order valence-electron chi connectivity index (χ1n) is 4.77. The van der Waals surface area contributed by atoms with Gasteiger partial charge in [0.05, 0.1) is 22.0 Å². The van der Waals surface area contributed by atoms with Crippen LogP contribution in [0.3, 0.4) is 0 Å². The highest BCUT2D eigenvalue weighted by Crippen LogP contribution is 2.22. The number of nitrogens with zero attached hydrogens (tertiary/aromatic N) is 3. The molecule has 0 saturated carbocycles. The van der Waals surface area contributed by atoms with Gasteiger partial charge in [0.1, 0.15) is 0 Å². The highest BCUT2D eigenvalue weighted by Gasteiger charge is 2.00. The Morgan fingerprint density at radius 1 is 1.24 bits per heavy atom. The molecule has 4 nitrogen and oxygen atoms in total. The zero-order chi connectivity index (χ0) is 12.1. The molecule has 0 atom stereocenters. The molecule has 86 valence electrons. The van der Waals surface area contributed by atoms with Gasteiger partial charge in [-0.05, 0) is 18.2 Å². The standard InChI is InChI=1S/C11H8Cl2N4/c12-8-5-10(13)11(15-6-8)17-16-7-9-3-1-2-4-14-9/h1-7H,(H,15,17)/b16-7-. The maximum Gasteiger partial charge on any atom is 0.165 e. The minimum absolute atomic E-state index is 0.413. The van der Waals surface area contributed by atoms with Crippen molar-refractivity contribution in [2.24, 2.45) is 5.10 Å². The summed E-state index contributed by atoms with van der Waals surface area (Å²) in [5.74, 6) is 0.447. The fourth-order valence-electron chi connectivity index (χ4n) is 1.11. The summed E-state index contributed by atoms with van der Waals surface area (Å²) in [6, 6.07) is 7.14. The first-order valence-corrected chi connectivity index (χ1v) is 5.52. The number of nitrogens with one attached hydrogen (secondary N) is 1. The lowest BCUT2D eigenvalue weighted by atomic mass is 10.4. The summed E-state index contributed by atoms with van der Waals surface area (Å²) >= 11 is 11.6. The number of halogens is 2. The summed E-state index contributed by atoms with van der Waals surface area (Å²) in [6.45, 7) is 0. The smallest absolute Gasteiger partial charge is 0.165 e. The lowest BCUT2D eigenvalue weighted by molar-refractivity contribution is 1.22. The molecule has 0 unspecified atom stereocenters. The second kappa shape index (κ2) is 5.61. The van der Waals surface area contributed by atoms with Gasteiger partial charge in [0, 0.05) is 12.4 Å². The molecule has 0 bridgehead atoms. The number of hydrazone groups is 1. The molecule has 0 saturated heterocycles. The third-order valence-electron chi connectivity index (χ3n) is 1.86. The Bertz CT molecular complexity index is 528. The topological polar surface area (TPSA) is 50.2 Å². The fraction of sp³-hybridized carbons (Fsp3) is 0. The molecular weight excluding hydrogens is 259 g/mol. The average Bonchev–Trinajstić information content (AvgIpc) is 2.33. The van der Waals surface area contributed by atoms with Crippen LogP contribution in [0.15, 0.2) is 41.8 Å². The van der Waals surface area contributed by atoms with Crippen LogP contribution < -0.4 is 5.43 Å². The van der Waals surface area contributed by atoms with E-state index in [1.807, 2.05) is 18.2 Å². The van der Waals surface area contributed by atoms with Crippen LogP contribution in [0.5, 0.6) is 0 Å². The Hall–Kier alpha value is -1.65. The van der Waals surface area contributed by atoms with Crippen molar-refractivity contribution in [2.45, 2.75) is 0 Å². The van der Waals surface area contributed by atoms with Crippen molar-refractivity contribution >= 4 is 35.2 Å². The van der Waals surface area contributed by atoms with Crippen LogP contribution in [0.1, 0.15) is 5.69 Å². The van der Waals surface area contributed by atoms with E-state index in [1.54, 1.807) is 18.5 Å². The Morgan fingerprint density at radius 3 is 2.82 bits per heavy atom. The van der Waals surface area contributed by atoms with Crippen molar-refractivity contribution in [2.75, 3.05) is 5.43 Å². The highest BCUT2D eigenvalue weighted by atomic mass is 35.5. The van der Waals surface area contributed by atoms with Crippen molar-refractivity contribution in [3.8, 4) is 0 Å². The molecule has 0 aliphatic rings. The van der Waals surface area contributed by atoms with Crippen molar-refractivity contribution in [1.82, 2.24) is 9.97 Å². The monoisotopic (exact) mass is 266 g/mol. The number of rotatable bonds is 3. The summed E-state index contributed by atoms with van der Waals surface area (Å²) in [4.78, 5) is 8.08. The van der Waals surface area contributed by atoms with Crippen LogP contribution in [-0.2, 0) is 0 Å². The minimum Gasteiger partial charge on any atom is -0.260 e. The van der Waals surface area contributed by atoms with E-state index < -0.39 is 0 Å². The molecule has 0 spiro atoms. The number of aromatic nitrogens is 2. The van der Waals surface area contributed by atoms with Crippen molar-refractivity contribution in [1.29, 1.82) is 0 Å². The maximum atomic E-state index is 5.91. The van der Waals surface area contributed by atoms with Crippen LogP contribution in [0.25, 0.3) is 0 Å². The van der Waals surface area contributed by atoms with E-state index in [0.717, 1.165) is 5.69 Å². The molecule has 6 heteroatoms. The summed E-state index contributed by atoms with van der Waals surface area (Å²) in [7, 11) is 0. The number of pyridine rings is 2. The zero-order valence-corrected chi connectivity index (χ0v) is 10.2. The Labute approximate surface area is 108 Å². The molecule has 17 heavy (non-hydrogen) atoms. The van der Waals surface area contributed by atoms with E-state index in [4.69, 9.17) is 23.2 Å². The van der Waals surface area contributed by atoms with E-state index in [2.05, 4.69) is 20.5 Å². The molecular formula is C11H8Cl2N4. The van der Waals surface area contributed by atoms with E-state index in [1.165, 1.54) is 6.20 Å². The van der Waals surface area contributed by atoms with Gasteiger partial charge in [-0.1, -0.05) is 29.3 Å². The number of hydrogen-bond acceptors (Lipinski definition) is 4. The molecule has 2 aromatic rings. The summed E-state index contributed by atoms with van der Waals surface area (Å²) < 4.78 is 0. The molecule has 0 aliphatic carbocycles. The maximum absolute atomic E-state index is 5.91. The third kappa shape index (κ3) is 3.41. The van der Waals surface area contributed by atoms with Gasteiger partial charge in [0.25, 0.3) is 0 Å². The third-order valence-corrected chi connectivity index (χ3v) is 2.36. The minimum atomic E-state index is 0.413. The normalized spacial score (nSPS) is 10.7. The second-order valence-corrected chi connectivity index (χ2v) is 3.95. The van der Waals surface area contributed by atoms with Gasteiger partial charge in [0.2, 0.25) is 0 Å². The quantitative estimate of drug-likeness (QED) is 0.686. The van der Waals surface area contributed by atoms with E-state index in [9.17, 15) is 0 Å². The molecule has 2 rings (SSSR count). The average molecular weight is 267 g/mol. The molecule has 2 aromatic heterocycles. The Morgan fingerprint density at radius 2 is 2.12 bits per heavy atom. The van der Waals surface area contributed by atoms with Crippen LogP contribution in [0.2, 0.25) is 10.0 Å². The largest absolute Gasteiger partial charge is 0.260 e. The lowest BCUT2D eigenvalue weighted by Crippen LogP contribution is -1.95. The second-order valence-electron chi connectivity index (χ2n) is 3.11. The van der Waals surface area contributed by atoms with Gasteiger partial charge in [-0.2, -0.15) is 5.10 Å². The number of hydrogen-bond donors (Lipinski definition) is 1. The summed E-state index contributed by atoms with van der Waals surface area (Å²) in [5, 5.41) is 4.87. The molecule has 0 radical (unpaired) electrons. The fourth-order valence-corrected chi connectivity index (χ4v) is 1.53. The number of anilines is 1. The molecule has 2 heterocycles. The van der Waals surface area contributed by atoms with Gasteiger partial charge in [0.15, 0.2) is 5.82 Å². The molecule has 0 aromatic carbocycles. The lowest BCUT2D eigenvalue weighted by Gasteiger charge is -2.01. The molecule has 1 N–H and O–H groups in total. The Kier molecular flexibility index (Phi) is 3.90. The zero-order valence-electron chi connectivity index (χ0n) is 8.64. The van der Waals surface area contributed by atoms with Gasteiger partial charge in [-0.25, -0.2) is 4.98 Å². The molecule has 0 aliphatic heterocycles. The SMILES string of the molecule is Clc1cnc(N/N=C\c2ccccn2)c(Cl)c1. The first kappa shape index (κ1) is 11.8. The van der Waals surface area contributed by atoms with Gasteiger partial charge < -0.3 is 0 Å². The van der Waals surface area contributed by atoms with E-state index in [-0.39, 0.29) is 0 Å². The van der Waals surface area contributed by atoms with Crippen LogP contribution >= 0.6 is 23.2 Å². The van der Waals surface area contributed by atoms with Gasteiger partial charge in [-0.15, -0.1) is 0 Å². The predicted octanol–water partition coefficient (Wildman–Crippen LogP) is 3.23. The van der Waals surface area contributed by atoms with Crippen LogP contribution in [0, 0.1) is 0 Å². The van der Waals surface area contributed by atoms with E-state index in [0.29, 0.717) is 15.9 Å². The van der Waals surface area contributed by atoms with Crippen LogP contribution in [0.4, 0.5) is 5.82 Å². The van der Waals surface area contributed by atoms with Crippen molar-refractivity contribution < 1.29 is 0 Å². The first-order chi connectivity index (χ1) is 8.25. The van der Waals surface area contributed by atoms with E-state index >= 15 is 0 Å². The highest BCUT2D eigenvalue weighted by molar-refractivity contribution is 6.35. The van der Waals surface area contributed by atoms with Gasteiger partial charge >= 0.3 is 0 Å².